The molecule has 0 spiro atoms. The fourth-order valence-corrected chi connectivity index (χ4v) is 1.22. The predicted octanol–water partition coefficient (Wildman–Crippen LogP) is -0.107. The summed E-state index contributed by atoms with van der Waals surface area (Å²) in [5, 5.41) is 11.8. The van der Waals surface area contributed by atoms with Gasteiger partial charge in [-0.3, -0.25) is 4.79 Å². The van der Waals surface area contributed by atoms with E-state index < -0.39 is 0 Å². The first kappa shape index (κ1) is 7.54. The third kappa shape index (κ3) is 1.70. The van der Waals surface area contributed by atoms with E-state index in [1.165, 1.54) is 0 Å². The number of amides is 1. The lowest BCUT2D eigenvalue weighted by Gasteiger charge is -2.23. The minimum atomic E-state index is -0.342. The van der Waals surface area contributed by atoms with Crippen LogP contribution in [0.15, 0.2) is 0 Å². The smallest absolute Gasteiger partial charge is 0.220 e. The van der Waals surface area contributed by atoms with E-state index in [0.29, 0.717) is 13.0 Å². The van der Waals surface area contributed by atoms with Gasteiger partial charge in [-0.25, -0.2) is 0 Å². The molecule has 0 bridgehead atoms. The zero-order valence-electron chi connectivity index (χ0n) is 6.13. The van der Waals surface area contributed by atoms with Gasteiger partial charge < -0.3 is 10.4 Å². The van der Waals surface area contributed by atoms with Crippen molar-refractivity contribution in [3.63, 3.8) is 0 Å². The lowest BCUT2D eigenvalue weighted by atomic mass is 9.93. The Morgan fingerprint density at radius 1 is 1.80 bits per heavy atom. The van der Waals surface area contributed by atoms with Crippen LogP contribution in [0.3, 0.4) is 0 Å². The van der Waals surface area contributed by atoms with Crippen molar-refractivity contribution in [1.29, 1.82) is 0 Å². The van der Waals surface area contributed by atoms with Crippen molar-refractivity contribution >= 4 is 5.91 Å². The van der Waals surface area contributed by atoms with E-state index in [0.717, 1.165) is 6.42 Å². The largest absolute Gasteiger partial charge is 0.393 e. The Balaban J connectivity index is 2.39. The number of rotatable bonds is 1. The molecule has 2 atom stereocenters. The van der Waals surface area contributed by atoms with Gasteiger partial charge in [0.2, 0.25) is 5.91 Å². The summed E-state index contributed by atoms with van der Waals surface area (Å²) >= 11 is 0. The molecule has 1 fully saturated rings. The molecule has 1 saturated heterocycles. The molecule has 1 aliphatic rings. The van der Waals surface area contributed by atoms with Gasteiger partial charge in [0.05, 0.1) is 6.10 Å². The molecular formula is C7H13NO2. The van der Waals surface area contributed by atoms with Crippen LogP contribution in [0.1, 0.15) is 19.8 Å². The molecule has 58 valence electrons. The van der Waals surface area contributed by atoms with E-state index >= 15 is 0 Å². The van der Waals surface area contributed by atoms with Gasteiger partial charge in [-0.15, -0.1) is 0 Å². The van der Waals surface area contributed by atoms with Crippen molar-refractivity contribution in [3.05, 3.63) is 0 Å². The average molecular weight is 143 g/mol. The molecule has 3 heteroatoms. The Morgan fingerprint density at radius 2 is 2.50 bits per heavy atom. The molecule has 1 amide bonds. The molecule has 0 radical (unpaired) electrons. The highest BCUT2D eigenvalue weighted by molar-refractivity contribution is 5.76. The van der Waals surface area contributed by atoms with Gasteiger partial charge in [0.15, 0.2) is 0 Å². The molecule has 0 saturated carbocycles. The van der Waals surface area contributed by atoms with Gasteiger partial charge in [-0.05, 0) is 19.3 Å². The van der Waals surface area contributed by atoms with E-state index in [4.69, 9.17) is 5.11 Å². The monoisotopic (exact) mass is 143 g/mol. The number of hydrogen-bond acceptors (Lipinski definition) is 2. The van der Waals surface area contributed by atoms with Crippen LogP contribution in [0.2, 0.25) is 0 Å². The van der Waals surface area contributed by atoms with E-state index in [2.05, 4.69) is 5.32 Å². The topological polar surface area (TPSA) is 49.3 Å². The summed E-state index contributed by atoms with van der Waals surface area (Å²) in [5.74, 6) is 0.242. The summed E-state index contributed by atoms with van der Waals surface area (Å²) in [6, 6.07) is 0. The molecule has 3 nitrogen and oxygen atoms in total. The van der Waals surface area contributed by atoms with Crippen LogP contribution >= 0.6 is 0 Å². The number of carbonyl (C=O) groups excluding carboxylic acids is 1. The van der Waals surface area contributed by atoms with Crippen LogP contribution in [0.5, 0.6) is 0 Å². The molecule has 1 rings (SSSR count). The standard InChI is InChI=1S/C7H13NO2/c1-5(9)6-2-3-8-7(10)4-6/h5-6,9H,2-4H2,1H3,(H,8,10). The highest BCUT2D eigenvalue weighted by Crippen LogP contribution is 2.15. The zero-order chi connectivity index (χ0) is 7.56. The normalized spacial score (nSPS) is 29.4. The summed E-state index contributed by atoms with van der Waals surface area (Å²) in [5.41, 5.74) is 0. The lowest BCUT2D eigenvalue weighted by Crippen LogP contribution is -2.37. The SMILES string of the molecule is CC(O)C1CCNC(=O)C1. The van der Waals surface area contributed by atoms with Crippen molar-refractivity contribution in [2.24, 2.45) is 5.92 Å². The minimum Gasteiger partial charge on any atom is -0.393 e. The Labute approximate surface area is 60.4 Å². The van der Waals surface area contributed by atoms with Crippen LogP contribution < -0.4 is 5.32 Å². The second-order valence-electron chi connectivity index (χ2n) is 2.84. The maximum Gasteiger partial charge on any atom is 0.220 e. The maximum atomic E-state index is 10.8. The molecule has 1 heterocycles. The Morgan fingerprint density at radius 3 is 2.90 bits per heavy atom. The van der Waals surface area contributed by atoms with Crippen molar-refractivity contribution in [2.75, 3.05) is 6.54 Å². The van der Waals surface area contributed by atoms with Gasteiger partial charge in [0.25, 0.3) is 0 Å². The van der Waals surface area contributed by atoms with Crippen LogP contribution in [-0.2, 0) is 4.79 Å². The summed E-state index contributed by atoms with van der Waals surface area (Å²) in [6.45, 7) is 2.46. The first-order valence-corrected chi connectivity index (χ1v) is 3.65. The van der Waals surface area contributed by atoms with E-state index in [-0.39, 0.29) is 17.9 Å². The first-order valence-electron chi connectivity index (χ1n) is 3.65. The summed E-state index contributed by atoms with van der Waals surface area (Å²) < 4.78 is 0. The lowest BCUT2D eigenvalue weighted by molar-refractivity contribution is -0.124. The fraction of sp³-hybridized carbons (Fsp3) is 0.857. The van der Waals surface area contributed by atoms with Crippen LogP contribution in [0.4, 0.5) is 0 Å². The van der Waals surface area contributed by atoms with Crippen LogP contribution in [-0.4, -0.2) is 23.7 Å². The summed E-state index contributed by atoms with van der Waals surface area (Å²) in [4.78, 5) is 10.8. The van der Waals surface area contributed by atoms with Gasteiger partial charge in [0.1, 0.15) is 0 Å². The van der Waals surface area contributed by atoms with Gasteiger partial charge in [-0.2, -0.15) is 0 Å². The minimum absolute atomic E-state index is 0.0668. The zero-order valence-corrected chi connectivity index (χ0v) is 6.13. The molecule has 0 aromatic heterocycles. The quantitative estimate of drug-likeness (QED) is 0.538. The van der Waals surface area contributed by atoms with E-state index in [1.807, 2.05) is 0 Å². The van der Waals surface area contributed by atoms with E-state index in [9.17, 15) is 4.79 Å². The van der Waals surface area contributed by atoms with Gasteiger partial charge in [-0.1, -0.05) is 0 Å². The first-order chi connectivity index (χ1) is 4.70. The fourth-order valence-electron chi connectivity index (χ4n) is 1.22. The predicted molar refractivity (Wildman–Crippen MR) is 37.4 cm³/mol. The molecule has 10 heavy (non-hydrogen) atoms. The molecule has 1 aliphatic heterocycles. The number of aliphatic hydroxyl groups is 1. The molecule has 0 aromatic carbocycles. The highest BCUT2D eigenvalue weighted by atomic mass is 16.3. The third-order valence-electron chi connectivity index (χ3n) is 1.97. The number of piperidine rings is 1. The van der Waals surface area contributed by atoms with Gasteiger partial charge >= 0.3 is 0 Å². The number of carbonyl (C=O) groups is 1. The van der Waals surface area contributed by atoms with Gasteiger partial charge in [0, 0.05) is 13.0 Å². The number of hydrogen-bond donors (Lipinski definition) is 2. The van der Waals surface area contributed by atoms with Crippen molar-refractivity contribution in [3.8, 4) is 0 Å². The highest BCUT2D eigenvalue weighted by Gasteiger charge is 2.22. The Bertz CT molecular complexity index is 134. The second kappa shape index (κ2) is 3.01. The van der Waals surface area contributed by atoms with Crippen LogP contribution in [0, 0.1) is 5.92 Å². The molecule has 0 aromatic rings. The molecule has 2 unspecified atom stereocenters. The summed E-state index contributed by atoms with van der Waals surface area (Å²) in [7, 11) is 0. The molecule has 2 N–H and O–H groups in total. The van der Waals surface area contributed by atoms with E-state index in [1.54, 1.807) is 6.92 Å². The number of nitrogens with one attached hydrogen (secondary N) is 1. The third-order valence-corrected chi connectivity index (χ3v) is 1.97. The Kier molecular flexibility index (Phi) is 2.27. The van der Waals surface area contributed by atoms with Crippen LogP contribution in [0.25, 0.3) is 0 Å². The second-order valence-corrected chi connectivity index (χ2v) is 2.84. The Hall–Kier alpha value is -0.570. The summed E-state index contributed by atoms with van der Waals surface area (Å²) in [6.07, 6.45) is 1.05. The molecular weight excluding hydrogens is 130 g/mol. The van der Waals surface area contributed by atoms with Crippen molar-refractivity contribution < 1.29 is 9.90 Å². The van der Waals surface area contributed by atoms with Crippen molar-refractivity contribution in [1.82, 2.24) is 5.32 Å². The number of aliphatic hydroxyl groups excluding tert-OH is 1. The van der Waals surface area contributed by atoms with Crippen molar-refractivity contribution in [2.45, 2.75) is 25.9 Å². The average Bonchev–Trinajstić information content (AvgIpc) is 1.88. The molecule has 0 aliphatic carbocycles. The maximum absolute atomic E-state index is 10.8.